The molecule has 0 unspecified atom stereocenters. The third-order valence-corrected chi connectivity index (χ3v) is 3.39. The third-order valence-electron chi connectivity index (χ3n) is 3.14. The molecule has 2 nitrogen and oxygen atoms in total. The van der Waals surface area contributed by atoms with Crippen molar-refractivity contribution in [1.82, 2.24) is 0 Å². The fraction of sp³-hybridized carbons (Fsp3) is 0.462. The molecule has 1 N–H and O–H groups in total. The molecule has 1 aromatic carbocycles. The van der Waals surface area contributed by atoms with Gasteiger partial charge in [-0.1, -0.05) is 11.6 Å². The number of likely N-dealkylation sites (tertiary alicyclic amines) is 1. The Morgan fingerprint density at radius 2 is 1.75 bits per heavy atom. The zero-order valence-electron chi connectivity index (χ0n) is 9.34. The number of nitrogens with one attached hydrogen (secondary N) is 1. The number of piperidine rings is 1. The zero-order valence-corrected chi connectivity index (χ0v) is 10.1. The largest absolute Gasteiger partial charge is 0.328 e. The first-order valence-electron chi connectivity index (χ1n) is 5.88. The number of carbonyl (C=O) groups is 1. The monoisotopic (exact) mass is 238 g/mol. The van der Waals surface area contributed by atoms with Crippen LogP contribution in [-0.4, -0.2) is 25.4 Å². The molecule has 16 heavy (non-hydrogen) atoms. The molecule has 0 aromatic heterocycles. The average molecular weight is 239 g/mol. The minimum absolute atomic E-state index is 0.230. The Morgan fingerprint density at radius 1 is 1.12 bits per heavy atom. The summed E-state index contributed by atoms with van der Waals surface area (Å²) < 4.78 is 0. The molecule has 1 aliphatic heterocycles. The molecule has 0 amide bonds. The highest BCUT2D eigenvalue weighted by atomic mass is 35.5. The topological polar surface area (TPSA) is 21.5 Å². The molecule has 86 valence electrons. The Bertz CT molecular complexity index is 355. The molecule has 1 fully saturated rings. The first kappa shape index (κ1) is 11.6. The smallest absolute Gasteiger partial charge is 0.216 e. The molecular weight excluding hydrogens is 222 g/mol. The molecule has 1 saturated heterocycles. The van der Waals surface area contributed by atoms with Crippen LogP contribution in [-0.2, 0) is 0 Å². The van der Waals surface area contributed by atoms with Gasteiger partial charge in [-0.05, 0) is 43.5 Å². The molecule has 0 atom stereocenters. The predicted octanol–water partition coefficient (Wildman–Crippen LogP) is 1.59. The van der Waals surface area contributed by atoms with Crippen LogP contribution in [0, 0.1) is 0 Å². The van der Waals surface area contributed by atoms with Crippen molar-refractivity contribution < 1.29 is 9.69 Å². The summed E-state index contributed by atoms with van der Waals surface area (Å²) in [7, 11) is 0. The second-order valence-corrected chi connectivity index (χ2v) is 4.85. The van der Waals surface area contributed by atoms with E-state index in [0.717, 1.165) is 18.7 Å². The van der Waals surface area contributed by atoms with Gasteiger partial charge < -0.3 is 4.90 Å². The van der Waals surface area contributed by atoms with Crippen molar-refractivity contribution in [3.8, 4) is 0 Å². The van der Waals surface area contributed by atoms with E-state index in [4.69, 9.17) is 11.6 Å². The first-order valence-corrected chi connectivity index (χ1v) is 6.26. The highest BCUT2D eigenvalue weighted by Crippen LogP contribution is 2.09. The standard InChI is InChI=1S/C13H16ClNO/c14-12-6-4-11(5-7-12)13(16)10-15-8-2-1-3-9-15/h4-7H,1-3,8-10H2/p+1. The molecule has 1 aliphatic rings. The van der Waals surface area contributed by atoms with Crippen LogP contribution >= 0.6 is 11.6 Å². The molecule has 0 saturated carbocycles. The van der Waals surface area contributed by atoms with E-state index in [1.165, 1.54) is 24.2 Å². The van der Waals surface area contributed by atoms with Gasteiger partial charge in [-0.25, -0.2) is 0 Å². The lowest BCUT2D eigenvalue weighted by atomic mass is 10.1. The molecular formula is C13H17ClNO+. The quantitative estimate of drug-likeness (QED) is 0.794. The van der Waals surface area contributed by atoms with Gasteiger partial charge in [0.1, 0.15) is 6.54 Å². The van der Waals surface area contributed by atoms with Crippen LogP contribution < -0.4 is 4.90 Å². The Labute approximate surface area is 101 Å². The Morgan fingerprint density at radius 3 is 2.38 bits per heavy atom. The number of halogens is 1. The maximum atomic E-state index is 12.0. The van der Waals surface area contributed by atoms with Gasteiger partial charge in [0, 0.05) is 10.6 Å². The van der Waals surface area contributed by atoms with E-state index in [2.05, 4.69) is 0 Å². The Balaban J connectivity index is 1.94. The van der Waals surface area contributed by atoms with E-state index >= 15 is 0 Å². The molecule has 3 heteroatoms. The van der Waals surface area contributed by atoms with Crippen molar-refractivity contribution in [2.24, 2.45) is 0 Å². The van der Waals surface area contributed by atoms with Gasteiger partial charge >= 0.3 is 0 Å². The van der Waals surface area contributed by atoms with E-state index in [9.17, 15) is 4.79 Å². The molecule has 0 radical (unpaired) electrons. The van der Waals surface area contributed by atoms with Gasteiger partial charge in [0.25, 0.3) is 0 Å². The average Bonchev–Trinajstić information content (AvgIpc) is 2.31. The second-order valence-electron chi connectivity index (χ2n) is 4.42. The summed E-state index contributed by atoms with van der Waals surface area (Å²) in [6.07, 6.45) is 3.82. The summed E-state index contributed by atoms with van der Waals surface area (Å²) in [6.45, 7) is 2.90. The van der Waals surface area contributed by atoms with Crippen LogP contribution in [0.2, 0.25) is 5.02 Å². The van der Waals surface area contributed by atoms with Crippen LogP contribution in [0.1, 0.15) is 29.6 Å². The molecule has 0 aliphatic carbocycles. The van der Waals surface area contributed by atoms with Crippen molar-refractivity contribution in [2.45, 2.75) is 19.3 Å². The summed E-state index contributed by atoms with van der Waals surface area (Å²) in [5.74, 6) is 0.230. The van der Waals surface area contributed by atoms with Gasteiger partial charge in [0.2, 0.25) is 5.78 Å². The van der Waals surface area contributed by atoms with E-state index in [1.807, 2.05) is 12.1 Å². The van der Waals surface area contributed by atoms with Crippen molar-refractivity contribution in [3.63, 3.8) is 0 Å². The normalized spacial score (nSPS) is 17.3. The van der Waals surface area contributed by atoms with Crippen molar-refractivity contribution in [1.29, 1.82) is 0 Å². The minimum atomic E-state index is 0.230. The van der Waals surface area contributed by atoms with Crippen molar-refractivity contribution in [3.05, 3.63) is 34.9 Å². The number of carbonyl (C=O) groups excluding carboxylic acids is 1. The molecule has 1 heterocycles. The van der Waals surface area contributed by atoms with Crippen LogP contribution in [0.4, 0.5) is 0 Å². The number of hydrogen-bond donors (Lipinski definition) is 1. The van der Waals surface area contributed by atoms with E-state index in [0.29, 0.717) is 11.6 Å². The lowest BCUT2D eigenvalue weighted by Crippen LogP contribution is -3.13. The Hall–Kier alpha value is -0.860. The van der Waals surface area contributed by atoms with E-state index in [-0.39, 0.29) is 5.78 Å². The maximum Gasteiger partial charge on any atom is 0.216 e. The lowest BCUT2D eigenvalue weighted by Gasteiger charge is -2.22. The summed E-state index contributed by atoms with van der Waals surface area (Å²) >= 11 is 5.79. The van der Waals surface area contributed by atoms with Gasteiger partial charge in [0.05, 0.1) is 13.1 Å². The lowest BCUT2D eigenvalue weighted by molar-refractivity contribution is -0.896. The predicted molar refractivity (Wildman–Crippen MR) is 65.2 cm³/mol. The summed E-state index contributed by atoms with van der Waals surface area (Å²) in [6, 6.07) is 7.18. The number of Topliss-reactive ketones (excluding diaryl/α,β-unsaturated/α-hetero) is 1. The molecule has 2 rings (SSSR count). The summed E-state index contributed by atoms with van der Waals surface area (Å²) in [5, 5.41) is 0.682. The minimum Gasteiger partial charge on any atom is -0.328 e. The first-order chi connectivity index (χ1) is 7.75. The molecule has 1 aromatic rings. The summed E-state index contributed by atoms with van der Waals surface area (Å²) in [5.41, 5.74) is 0.780. The van der Waals surface area contributed by atoms with Gasteiger partial charge in [-0.15, -0.1) is 0 Å². The number of benzene rings is 1. The van der Waals surface area contributed by atoms with Crippen molar-refractivity contribution >= 4 is 17.4 Å². The van der Waals surface area contributed by atoms with E-state index in [1.54, 1.807) is 12.1 Å². The van der Waals surface area contributed by atoms with Gasteiger partial charge in [-0.2, -0.15) is 0 Å². The van der Waals surface area contributed by atoms with Crippen LogP contribution in [0.25, 0.3) is 0 Å². The molecule has 0 bridgehead atoms. The van der Waals surface area contributed by atoms with E-state index < -0.39 is 0 Å². The summed E-state index contributed by atoms with van der Waals surface area (Å²) in [4.78, 5) is 13.4. The number of rotatable bonds is 3. The maximum absolute atomic E-state index is 12.0. The fourth-order valence-electron chi connectivity index (χ4n) is 2.19. The number of ketones is 1. The van der Waals surface area contributed by atoms with Crippen LogP contribution in [0.5, 0.6) is 0 Å². The van der Waals surface area contributed by atoms with Crippen LogP contribution in [0.3, 0.4) is 0 Å². The Kier molecular flexibility index (Phi) is 3.97. The molecule has 0 spiro atoms. The third kappa shape index (κ3) is 3.06. The van der Waals surface area contributed by atoms with Crippen molar-refractivity contribution in [2.75, 3.05) is 19.6 Å². The number of quaternary nitrogens is 1. The second kappa shape index (κ2) is 5.46. The van der Waals surface area contributed by atoms with Crippen LogP contribution in [0.15, 0.2) is 24.3 Å². The fourth-order valence-corrected chi connectivity index (χ4v) is 2.32. The SMILES string of the molecule is O=C(C[NH+]1CCCCC1)c1ccc(Cl)cc1. The van der Waals surface area contributed by atoms with Gasteiger partial charge in [0.15, 0.2) is 0 Å². The van der Waals surface area contributed by atoms with Gasteiger partial charge in [-0.3, -0.25) is 4.79 Å². The highest BCUT2D eigenvalue weighted by Gasteiger charge is 2.18. The zero-order chi connectivity index (χ0) is 11.4. The number of hydrogen-bond acceptors (Lipinski definition) is 1. The highest BCUT2D eigenvalue weighted by molar-refractivity contribution is 6.30.